The minimum absolute atomic E-state index is 0.0585. The Hall–Kier alpha value is -2.46. The fourth-order valence-electron chi connectivity index (χ4n) is 3.72. The van der Waals surface area contributed by atoms with Crippen LogP contribution in [0, 0.1) is 5.92 Å². The average Bonchev–Trinajstić information content (AvgIpc) is 3.22. The van der Waals surface area contributed by atoms with Gasteiger partial charge in [-0.3, -0.25) is 0 Å². The first-order valence-electron chi connectivity index (χ1n) is 7.57. The Morgan fingerprint density at radius 2 is 1.55 bits per heavy atom. The van der Waals surface area contributed by atoms with Crippen LogP contribution < -0.4 is 5.11 Å². The molecule has 2 aromatic rings. The van der Waals surface area contributed by atoms with Gasteiger partial charge in [-0.2, -0.15) is 0 Å². The fourth-order valence-corrected chi connectivity index (χ4v) is 3.72. The van der Waals surface area contributed by atoms with Crippen molar-refractivity contribution in [3.8, 4) is 11.1 Å². The molecule has 2 aliphatic heterocycles. The molecule has 4 heteroatoms. The van der Waals surface area contributed by atoms with Gasteiger partial charge in [0.05, 0.1) is 23.7 Å². The number of benzene rings is 2. The molecule has 108 valence electrons. The van der Waals surface area contributed by atoms with Crippen molar-refractivity contribution in [3.05, 3.63) is 59.7 Å². The Balaban J connectivity index is 1.84. The van der Waals surface area contributed by atoms with Gasteiger partial charge in [0, 0.05) is 5.90 Å². The standard InChI is InChI=1S/C18H14N2O2/c21-17-15-9-10-22-18(15)20(19-17)16-13-7-3-1-5-11(13)12-6-2-4-8-14(12)16/h1-8,15,18H,9-10H2. The van der Waals surface area contributed by atoms with Crippen LogP contribution in [-0.2, 0) is 4.74 Å². The van der Waals surface area contributed by atoms with E-state index < -0.39 is 0 Å². The van der Waals surface area contributed by atoms with Crippen LogP contribution in [0.1, 0.15) is 17.5 Å². The number of ether oxygens (including phenoxy) is 1. The van der Waals surface area contributed by atoms with E-state index in [0.717, 1.165) is 23.3 Å². The summed E-state index contributed by atoms with van der Waals surface area (Å²) in [6.45, 7) is 0.629. The molecular weight excluding hydrogens is 276 g/mol. The van der Waals surface area contributed by atoms with Gasteiger partial charge in [0.25, 0.3) is 6.23 Å². The summed E-state index contributed by atoms with van der Waals surface area (Å²) in [5, 5.41) is 16.4. The lowest BCUT2D eigenvalue weighted by Gasteiger charge is -2.07. The smallest absolute Gasteiger partial charge is 0.296 e. The minimum Gasteiger partial charge on any atom is -0.857 e. The molecule has 2 atom stereocenters. The quantitative estimate of drug-likeness (QED) is 0.590. The molecule has 4 nitrogen and oxygen atoms in total. The number of fused-ring (bicyclic) bond motifs is 4. The first kappa shape index (κ1) is 12.1. The van der Waals surface area contributed by atoms with Crippen molar-refractivity contribution in [2.45, 2.75) is 12.6 Å². The van der Waals surface area contributed by atoms with Gasteiger partial charge < -0.3 is 9.84 Å². The largest absolute Gasteiger partial charge is 0.857 e. The second-order valence-corrected chi connectivity index (χ2v) is 5.88. The summed E-state index contributed by atoms with van der Waals surface area (Å²) in [7, 11) is 0. The second-order valence-electron chi connectivity index (χ2n) is 5.88. The topological polar surface area (TPSA) is 47.7 Å². The van der Waals surface area contributed by atoms with E-state index in [2.05, 4.69) is 29.4 Å². The van der Waals surface area contributed by atoms with Crippen LogP contribution in [0.15, 0.2) is 53.6 Å². The fraction of sp³-hybridized carbons (Fsp3) is 0.222. The molecule has 5 rings (SSSR count). The number of rotatable bonds is 0. The SMILES string of the molecule is [O-]C1=N[N+](=C2c3ccccc3-c3ccccc32)C2OCCC12. The van der Waals surface area contributed by atoms with E-state index in [-0.39, 0.29) is 18.0 Å². The number of hydrazone groups is 1. The van der Waals surface area contributed by atoms with Crippen LogP contribution >= 0.6 is 0 Å². The Morgan fingerprint density at radius 3 is 2.18 bits per heavy atom. The molecule has 0 radical (unpaired) electrons. The zero-order valence-electron chi connectivity index (χ0n) is 11.9. The summed E-state index contributed by atoms with van der Waals surface area (Å²) in [5.74, 6) is -0.177. The van der Waals surface area contributed by atoms with Crippen molar-refractivity contribution in [2.75, 3.05) is 6.61 Å². The molecule has 22 heavy (non-hydrogen) atoms. The zero-order valence-corrected chi connectivity index (χ0v) is 11.9. The van der Waals surface area contributed by atoms with Crippen molar-refractivity contribution < 1.29 is 14.5 Å². The predicted molar refractivity (Wildman–Crippen MR) is 80.6 cm³/mol. The summed E-state index contributed by atoms with van der Waals surface area (Å²) in [6, 6.07) is 16.5. The number of nitrogens with zero attached hydrogens (tertiary/aromatic N) is 2. The number of hydrogen-bond donors (Lipinski definition) is 0. The van der Waals surface area contributed by atoms with Crippen molar-refractivity contribution in [1.29, 1.82) is 0 Å². The Labute approximate surface area is 128 Å². The van der Waals surface area contributed by atoms with Gasteiger partial charge in [-0.15, -0.1) is 0 Å². The Morgan fingerprint density at radius 1 is 0.955 bits per heavy atom. The van der Waals surface area contributed by atoms with Gasteiger partial charge >= 0.3 is 0 Å². The highest BCUT2D eigenvalue weighted by Crippen LogP contribution is 2.38. The molecule has 1 fully saturated rings. The first-order chi connectivity index (χ1) is 10.8. The first-order valence-corrected chi connectivity index (χ1v) is 7.57. The van der Waals surface area contributed by atoms with Gasteiger partial charge in [-0.25, -0.2) is 0 Å². The lowest BCUT2D eigenvalue weighted by Crippen LogP contribution is -2.31. The molecule has 0 amide bonds. The van der Waals surface area contributed by atoms with Crippen LogP contribution in [0.3, 0.4) is 0 Å². The normalized spacial score (nSPS) is 25.0. The summed E-state index contributed by atoms with van der Waals surface area (Å²) >= 11 is 0. The molecule has 0 aromatic heterocycles. The van der Waals surface area contributed by atoms with Crippen LogP contribution in [0.25, 0.3) is 11.1 Å². The summed E-state index contributed by atoms with van der Waals surface area (Å²) < 4.78 is 7.60. The molecule has 1 aliphatic carbocycles. The van der Waals surface area contributed by atoms with Crippen molar-refractivity contribution in [1.82, 2.24) is 0 Å². The highest BCUT2D eigenvalue weighted by molar-refractivity contribution is 6.22. The van der Waals surface area contributed by atoms with Gasteiger partial charge in [-0.1, -0.05) is 41.1 Å². The maximum atomic E-state index is 12.1. The van der Waals surface area contributed by atoms with E-state index >= 15 is 0 Å². The molecule has 0 saturated carbocycles. The maximum absolute atomic E-state index is 12.1. The Bertz CT molecular complexity index is 806. The summed E-state index contributed by atoms with van der Waals surface area (Å²) in [4.78, 5) is 0. The third-order valence-electron chi connectivity index (χ3n) is 4.71. The van der Waals surface area contributed by atoms with Crippen LogP contribution in [0.5, 0.6) is 0 Å². The van der Waals surface area contributed by atoms with E-state index in [0.29, 0.717) is 6.61 Å². The third-order valence-corrected chi connectivity index (χ3v) is 4.71. The molecule has 0 N–H and O–H groups in total. The van der Waals surface area contributed by atoms with E-state index in [4.69, 9.17) is 4.74 Å². The molecule has 0 bridgehead atoms. The number of hydrogen-bond acceptors (Lipinski definition) is 3. The zero-order chi connectivity index (χ0) is 14.7. The van der Waals surface area contributed by atoms with E-state index in [1.54, 1.807) is 0 Å². The van der Waals surface area contributed by atoms with Crippen molar-refractivity contribution in [3.63, 3.8) is 0 Å². The summed E-state index contributed by atoms with van der Waals surface area (Å²) in [5.41, 5.74) is 5.62. The molecule has 2 aromatic carbocycles. The average molecular weight is 290 g/mol. The van der Waals surface area contributed by atoms with Gasteiger partial charge in [-0.05, 0) is 34.8 Å². The van der Waals surface area contributed by atoms with E-state index in [1.165, 1.54) is 11.1 Å². The van der Waals surface area contributed by atoms with Crippen molar-refractivity contribution >= 4 is 11.6 Å². The lowest BCUT2D eigenvalue weighted by atomic mass is 10.1. The highest BCUT2D eigenvalue weighted by Gasteiger charge is 2.47. The second kappa shape index (κ2) is 4.27. The molecule has 2 heterocycles. The van der Waals surface area contributed by atoms with Crippen LogP contribution in [0.4, 0.5) is 0 Å². The molecule has 3 aliphatic rings. The Kier molecular flexibility index (Phi) is 2.35. The molecule has 1 saturated heterocycles. The van der Waals surface area contributed by atoms with Crippen LogP contribution in [0.2, 0.25) is 0 Å². The lowest BCUT2D eigenvalue weighted by molar-refractivity contribution is -0.606. The van der Waals surface area contributed by atoms with Gasteiger partial charge in [0.1, 0.15) is 0 Å². The van der Waals surface area contributed by atoms with Gasteiger partial charge in [0.15, 0.2) is 0 Å². The van der Waals surface area contributed by atoms with Crippen molar-refractivity contribution in [2.24, 2.45) is 11.0 Å². The van der Waals surface area contributed by atoms with E-state index in [9.17, 15) is 5.11 Å². The third kappa shape index (κ3) is 1.45. The maximum Gasteiger partial charge on any atom is 0.296 e. The monoisotopic (exact) mass is 290 g/mol. The van der Waals surface area contributed by atoms with Crippen LogP contribution in [-0.4, -0.2) is 29.1 Å². The summed E-state index contributed by atoms with van der Waals surface area (Å²) in [6.07, 6.45) is 0.516. The minimum atomic E-state index is -0.248. The van der Waals surface area contributed by atoms with Gasteiger partial charge in [0.2, 0.25) is 5.71 Å². The highest BCUT2D eigenvalue weighted by atomic mass is 16.5. The molecule has 0 spiro atoms. The van der Waals surface area contributed by atoms with E-state index in [1.807, 2.05) is 28.9 Å². The molecule has 2 unspecified atom stereocenters. The molecular formula is C18H14N2O2. The predicted octanol–water partition coefficient (Wildman–Crippen LogP) is 1.57.